The number of allylic oxidation sites excluding steroid dienone is 4. The Morgan fingerprint density at radius 2 is 2.03 bits per heavy atom. The van der Waals surface area contributed by atoms with Crippen molar-refractivity contribution in [3.05, 3.63) is 78.3 Å². The SMILES string of the molecule is CC=C1C(F)=CC(c2cnn(C)c2)=CN1/C(=N\C)Sc1ccc2ncc(NC(=O)OC(C)(C)C)cc2c1. The molecule has 1 amide bonds. The molecule has 0 atom stereocenters. The summed E-state index contributed by atoms with van der Waals surface area (Å²) < 4.78 is 22.1. The molecular formula is C27H29FN6O2S. The van der Waals surface area contributed by atoms with Crippen LogP contribution in [0, 0.1) is 0 Å². The van der Waals surface area contributed by atoms with Crippen LogP contribution in [-0.2, 0) is 11.8 Å². The Labute approximate surface area is 219 Å². The second-order valence-corrected chi connectivity index (χ2v) is 10.4. The minimum absolute atomic E-state index is 0.355. The lowest BCUT2D eigenvalue weighted by molar-refractivity contribution is 0.0636. The van der Waals surface area contributed by atoms with Crippen LogP contribution in [0.5, 0.6) is 0 Å². The number of pyridine rings is 1. The first-order valence-corrected chi connectivity index (χ1v) is 12.5. The van der Waals surface area contributed by atoms with Gasteiger partial charge in [-0.3, -0.25) is 24.9 Å². The molecule has 0 unspecified atom stereocenters. The summed E-state index contributed by atoms with van der Waals surface area (Å²) in [7, 11) is 3.49. The van der Waals surface area contributed by atoms with Gasteiger partial charge in [-0.1, -0.05) is 17.8 Å². The van der Waals surface area contributed by atoms with Crippen molar-refractivity contribution in [2.75, 3.05) is 12.4 Å². The molecule has 1 N–H and O–H groups in total. The number of amides is 1. The fraction of sp³-hybridized carbons (Fsp3) is 0.259. The molecule has 1 aliphatic heterocycles. The second kappa shape index (κ2) is 10.6. The fourth-order valence-electron chi connectivity index (χ4n) is 3.71. The number of thioether (sulfide) groups is 1. The zero-order valence-corrected chi connectivity index (χ0v) is 22.4. The minimum Gasteiger partial charge on any atom is -0.444 e. The van der Waals surface area contributed by atoms with Gasteiger partial charge in [-0.2, -0.15) is 5.10 Å². The summed E-state index contributed by atoms with van der Waals surface area (Å²) in [4.78, 5) is 23.7. The molecule has 1 aliphatic rings. The number of hydrogen-bond donors (Lipinski definition) is 1. The number of nitrogens with zero attached hydrogens (tertiary/aromatic N) is 5. The van der Waals surface area contributed by atoms with Gasteiger partial charge >= 0.3 is 6.09 Å². The monoisotopic (exact) mass is 520 g/mol. The van der Waals surface area contributed by atoms with E-state index in [1.807, 2.05) is 43.7 Å². The first-order chi connectivity index (χ1) is 17.6. The molecule has 0 fully saturated rings. The highest BCUT2D eigenvalue weighted by Crippen LogP contribution is 2.35. The molecule has 192 valence electrons. The van der Waals surface area contributed by atoms with Gasteiger partial charge < -0.3 is 4.74 Å². The van der Waals surface area contributed by atoms with E-state index >= 15 is 4.39 Å². The van der Waals surface area contributed by atoms with E-state index in [1.54, 1.807) is 62.8 Å². The predicted octanol–water partition coefficient (Wildman–Crippen LogP) is 6.51. The minimum atomic E-state index is -0.603. The molecule has 0 saturated carbocycles. The van der Waals surface area contributed by atoms with Crippen LogP contribution in [0.4, 0.5) is 14.9 Å². The lowest BCUT2D eigenvalue weighted by Gasteiger charge is -2.27. The Kier molecular flexibility index (Phi) is 7.49. The summed E-state index contributed by atoms with van der Waals surface area (Å²) in [5.41, 5.74) is 2.60. The second-order valence-electron chi connectivity index (χ2n) is 9.34. The number of aryl methyl sites for hydroxylation is 1. The fourth-order valence-corrected chi connectivity index (χ4v) is 4.58. The van der Waals surface area contributed by atoms with E-state index in [2.05, 4.69) is 20.4 Å². The van der Waals surface area contributed by atoms with Gasteiger partial charge in [0.15, 0.2) is 5.17 Å². The van der Waals surface area contributed by atoms with Crippen molar-refractivity contribution >= 4 is 45.2 Å². The number of anilines is 1. The number of nitrogens with one attached hydrogen (secondary N) is 1. The summed E-state index contributed by atoms with van der Waals surface area (Å²) in [5, 5.41) is 8.34. The first-order valence-electron chi connectivity index (χ1n) is 11.6. The third-order valence-corrected chi connectivity index (χ3v) is 6.32. The van der Waals surface area contributed by atoms with Gasteiger partial charge in [0.2, 0.25) is 0 Å². The molecule has 10 heteroatoms. The molecule has 0 radical (unpaired) electrons. The molecule has 1 aromatic carbocycles. The standard InChI is InChI=1S/C27H29FN6O2S/c1-7-24-22(28)12-18(19-13-31-33(6)15-19)16-34(24)25(29-5)37-21-8-9-23-17(11-21)10-20(14-30-23)32-26(35)36-27(2,3)4/h7-16H,1-6H3,(H,32,35)/b24-7?,29-25+. The number of carbonyl (C=O) groups excluding carboxylic acids is 1. The van der Waals surface area contributed by atoms with Gasteiger partial charge in [0.05, 0.1) is 29.3 Å². The average Bonchev–Trinajstić information content (AvgIpc) is 3.27. The van der Waals surface area contributed by atoms with E-state index in [-0.39, 0.29) is 5.83 Å². The number of fused-ring (bicyclic) bond motifs is 1. The number of aromatic nitrogens is 3. The summed E-state index contributed by atoms with van der Waals surface area (Å²) in [5.74, 6) is -0.355. The van der Waals surface area contributed by atoms with E-state index in [1.165, 1.54) is 17.8 Å². The van der Waals surface area contributed by atoms with Crippen LogP contribution in [0.15, 0.2) is 82.6 Å². The maximum absolute atomic E-state index is 15.1. The van der Waals surface area contributed by atoms with Crippen molar-refractivity contribution in [2.24, 2.45) is 12.0 Å². The van der Waals surface area contributed by atoms with Crippen molar-refractivity contribution in [1.29, 1.82) is 0 Å². The molecule has 2 aromatic heterocycles. The van der Waals surface area contributed by atoms with Crippen LogP contribution >= 0.6 is 11.8 Å². The lowest BCUT2D eigenvalue weighted by atomic mass is 10.1. The molecule has 3 heterocycles. The largest absolute Gasteiger partial charge is 0.444 e. The van der Waals surface area contributed by atoms with Gasteiger partial charge in [0.25, 0.3) is 0 Å². The highest BCUT2D eigenvalue weighted by molar-refractivity contribution is 8.13. The van der Waals surface area contributed by atoms with Gasteiger partial charge in [-0.15, -0.1) is 0 Å². The maximum Gasteiger partial charge on any atom is 0.412 e. The van der Waals surface area contributed by atoms with Crippen molar-refractivity contribution in [3.63, 3.8) is 0 Å². The molecule has 0 bridgehead atoms. The third-order valence-electron chi connectivity index (χ3n) is 5.27. The Balaban J connectivity index is 1.60. The zero-order chi connectivity index (χ0) is 26.7. The lowest BCUT2D eigenvalue weighted by Crippen LogP contribution is -2.27. The van der Waals surface area contributed by atoms with Gasteiger partial charge in [-0.05, 0) is 58.0 Å². The molecule has 0 saturated heterocycles. The number of benzene rings is 1. The van der Waals surface area contributed by atoms with E-state index in [0.29, 0.717) is 22.1 Å². The third kappa shape index (κ3) is 6.26. The molecule has 3 aromatic rings. The van der Waals surface area contributed by atoms with Crippen LogP contribution in [0.1, 0.15) is 33.3 Å². The van der Waals surface area contributed by atoms with Crippen molar-refractivity contribution in [2.45, 2.75) is 38.2 Å². The normalized spacial score (nSPS) is 15.6. The predicted molar refractivity (Wildman–Crippen MR) is 147 cm³/mol. The maximum atomic E-state index is 15.1. The van der Waals surface area contributed by atoms with E-state index in [4.69, 9.17) is 4.74 Å². The molecule has 8 nitrogen and oxygen atoms in total. The van der Waals surface area contributed by atoms with Crippen molar-refractivity contribution < 1.29 is 13.9 Å². The Morgan fingerprint density at radius 3 is 2.68 bits per heavy atom. The number of aliphatic imine (C=N–C) groups is 1. The van der Waals surface area contributed by atoms with E-state index < -0.39 is 11.7 Å². The number of amidine groups is 1. The van der Waals surface area contributed by atoms with E-state index in [9.17, 15) is 4.79 Å². The highest BCUT2D eigenvalue weighted by Gasteiger charge is 2.24. The Morgan fingerprint density at radius 1 is 1.24 bits per heavy atom. The summed E-state index contributed by atoms with van der Waals surface area (Å²) in [6.07, 6.45) is 9.65. The average molecular weight is 521 g/mol. The van der Waals surface area contributed by atoms with Crippen LogP contribution < -0.4 is 5.32 Å². The number of hydrogen-bond acceptors (Lipinski definition) is 6. The molecular weight excluding hydrogens is 491 g/mol. The molecule has 37 heavy (non-hydrogen) atoms. The van der Waals surface area contributed by atoms with Gasteiger partial charge in [-0.25, -0.2) is 9.18 Å². The van der Waals surface area contributed by atoms with Crippen molar-refractivity contribution in [3.8, 4) is 0 Å². The highest BCUT2D eigenvalue weighted by atomic mass is 32.2. The molecule has 0 aliphatic carbocycles. The van der Waals surface area contributed by atoms with Crippen LogP contribution in [0.2, 0.25) is 0 Å². The zero-order valence-electron chi connectivity index (χ0n) is 21.6. The number of halogens is 1. The number of ether oxygens (including phenoxy) is 1. The summed E-state index contributed by atoms with van der Waals surface area (Å²) in [6.45, 7) is 7.20. The van der Waals surface area contributed by atoms with Crippen LogP contribution in [-0.4, -0.2) is 43.6 Å². The number of carbonyl (C=O) groups is 1. The van der Waals surface area contributed by atoms with Crippen LogP contribution in [0.25, 0.3) is 16.5 Å². The van der Waals surface area contributed by atoms with E-state index in [0.717, 1.165) is 21.4 Å². The van der Waals surface area contributed by atoms with Crippen molar-refractivity contribution in [1.82, 2.24) is 19.7 Å². The molecule has 4 rings (SSSR count). The Bertz CT molecular complexity index is 1470. The first kappa shape index (κ1) is 26.2. The molecule has 0 spiro atoms. The number of rotatable bonds is 3. The summed E-state index contributed by atoms with van der Waals surface area (Å²) in [6, 6.07) is 7.62. The van der Waals surface area contributed by atoms with Gasteiger partial charge in [0.1, 0.15) is 11.4 Å². The van der Waals surface area contributed by atoms with Crippen LogP contribution in [0.3, 0.4) is 0 Å². The smallest absolute Gasteiger partial charge is 0.412 e. The summed E-state index contributed by atoms with van der Waals surface area (Å²) >= 11 is 1.40. The Hall–Kier alpha value is -3.92. The van der Waals surface area contributed by atoms with Gasteiger partial charge in [0, 0.05) is 47.9 Å². The topological polar surface area (TPSA) is 84.6 Å². The quantitative estimate of drug-likeness (QED) is 0.241.